The van der Waals surface area contributed by atoms with Crippen LogP contribution in [0, 0.1) is 0 Å². The third-order valence-corrected chi connectivity index (χ3v) is 7.56. The number of carbonyl (C=O) groups excluding carboxylic acids is 3. The number of benzene rings is 3. The van der Waals surface area contributed by atoms with E-state index in [0.29, 0.717) is 33.6 Å². The molecule has 0 fully saturated rings. The van der Waals surface area contributed by atoms with Gasteiger partial charge in [0.25, 0.3) is 17.7 Å². The summed E-state index contributed by atoms with van der Waals surface area (Å²) in [5.74, 6) is -0.968. The van der Waals surface area contributed by atoms with Crippen LogP contribution in [-0.4, -0.2) is 23.3 Å². The van der Waals surface area contributed by atoms with Crippen molar-refractivity contribution in [3.05, 3.63) is 93.0 Å². The molecule has 1 N–H and O–H groups in total. The topological polar surface area (TPSA) is 69.7 Å². The molecule has 3 aliphatic heterocycles. The number of anilines is 2. The van der Waals surface area contributed by atoms with Crippen molar-refractivity contribution in [1.29, 1.82) is 0 Å². The fourth-order valence-corrected chi connectivity index (χ4v) is 5.95. The quantitative estimate of drug-likeness (QED) is 0.476. The van der Waals surface area contributed by atoms with Crippen molar-refractivity contribution in [2.24, 2.45) is 0 Å². The Labute approximate surface area is 212 Å². The highest BCUT2D eigenvalue weighted by Crippen LogP contribution is 2.62. The summed E-state index contributed by atoms with van der Waals surface area (Å²) < 4.78 is 0. The second kappa shape index (κ2) is 7.09. The summed E-state index contributed by atoms with van der Waals surface area (Å²) in [7, 11) is 0. The van der Waals surface area contributed by atoms with Gasteiger partial charge in [0, 0.05) is 22.2 Å². The first-order chi connectivity index (χ1) is 16.6. The molecule has 3 heterocycles. The summed E-state index contributed by atoms with van der Waals surface area (Å²) in [6.07, 6.45) is 0. The van der Waals surface area contributed by atoms with E-state index in [4.69, 9.17) is 23.2 Å². The van der Waals surface area contributed by atoms with E-state index in [1.807, 2.05) is 32.9 Å². The lowest BCUT2D eigenvalue weighted by atomic mass is 9.76. The maximum atomic E-state index is 14.4. The zero-order chi connectivity index (χ0) is 24.9. The van der Waals surface area contributed by atoms with Crippen LogP contribution in [0.15, 0.2) is 60.7 Å². The number of hydrogen-bond donors (Lipinski definition) is 1. The molecule has 3 aliphatic rings. The van der Waals surface area contributed by atoms with Gasteiger partial charge >= 0.3 is 0 Å². The van der Waals surface area contributed by atoms with Crippen molar-refractivity contribution in [1.82, 2.24) is 5.32 Å². The largest absolute Gasteiger partial charge is 0.349 e. The number of nitrogens with one attached hydrogen (secondary N) is 1. The predicted molar refractivity (Wildman–Crippen MR) is 135 cm³/mol. The zero-order valence-corrected chi connectivity index (χ0v) is 20.7. The fourth-order valence-electron chi connectivity index (χ4n) is 5.63. The molecule has 3 aromatic rings. The van der Waals surface area contributed by atoms with Gasteiger partial charge < -0.3 is 5.32 Å². The average molecular weight is 506 g/mol. The van der Waals surface area contributed by atoms with Gasteiger partial charge in [-0.05, 0) is 50.6 Å². The summed E-state index contributed by atoms with van der Waals surface area (Å²) >= 11 is 12.8. The van der Waals surface area contributed by atoms with Gasteiger partial charge in [-0.2, -0.15) is 0 Å². The summed E-state index contributed by atoms with van der Waals surface area (Å²) in [5, 5.41) is 3.58. The Morgan fingerprint density at radius 2 is 1.49 bits per heavy atom. The monoisotopic (exact) mass is 505 g/mol. The maximum Gasteiger partial charge on any atom is 0.260 e. The first-order valence-electron chi connectivity index (χ1n) is 11.3. The van der Waals surface area contributed by atoms with Crippen molar-refractivity contribution >= 4 is 52.3 Å². The molecule has 8 heteroatoms. The highest BCUT2D eigenvalue weighted by molar-refractivity contribution is 6.43. The molecule has 0 spiro atoms. The van der Waals surface area contributed by atoms with Crippen LogP contribution < -0.4 is 15.1 Å². The maximum absolute atomic E-state index is 14.4. The molecule has 3 amide bonds. The highest BCUT2D eigenvalue weighted by atomic mass is 35.5. The summed E-state index contributed by atoms with van der Waals surface area (Å²) in [6, 6.07) is 16.7. The number of fused-ring (bicyclic) bond motifs is 10. The van der Waals surface area contributed by atoms with E-state index in [1.165, 1.54) is 4.90 Å². The molecule has 2 atom stereocenters. The molecule has 0 aliphatic carbocycles. The van der Waals surface area contributed by atoms with Crippen LogP contribution in [0.5, 0.6) is 0 Å². The van der Waals surface area contributed by atoms with Gasteiger partial charge in [0.2, 0.25) is 0 Å². The third-order valence-electron chi connectivity index (χ3n) is 6.84. The van der Waals surface area contributed by atoms with Crippen LogP contribution in [0.25, 0.3) is 0 Å². The summed E-state index contributed by atoms with van der Waals surface area (Å²) in [6.45, 7) is 5.65. The van der Waals surface area contributed by atoms with Crippen LogP contribution in [0.2, 0.25) is 10.0 Å². The molecule has 6 rings (SSSR count). The van der Waals surface area contributed by atoms with Gasteiger partial charge in [-0.3, -0.25) is 24.2 Å². The molecule has 0 bridgehead atoms. The Morgan fingerprint density at radius 3 is 2.17 bits per heavy atom. The van der Waals surface area contributed by atoms with Crippen LogP contribution in [0.1, 0.15) is 58.7 Å². The van der Waals surface area contributed by atoms with Crippen LogP contribution in [0.3, 0.4) is 0 Å². The minimum Gasteiger partial charge on any atom is -0.349 e. The smallest absolute Gasteiger partial charge is 0.260 e. The molecule has 0 saturated heterocycles. The lowest BCUT2D eigenvalue weighted by Gasteiger charge is -2.51. The van der Waals surface area contributed by atoms with Crippen molar-refractivity contribution in [3.8, 4) is 0 Å². The third kappa shape index (κ3) is 2.75. The molecule has 2 unspecified atom stereocenters. The number of amides is 3. The molecule has 35 heavy (non-hydrogen) atoms. The van der Waals surface area contributed by atoms with Crippen molar-refractivity contribution in [3.63, 3.8) is 0 Å². The van der Waals surface area contributed by atoms with E-state index in [-0.39, 0.29) is 27.8 Å². The van der Waals surface area contributed by atoms with E-state index in [2.05, 4.69) is 5.32 Å². The Bertz CT molecular complexity index is 1480. The highest BCUT2D eigenvalue weighted by Gasteiger charge is 2.68. The first kappa shape index (κ1) is 22.1. The summed E-state index contributed by atoms with van der Waals surface area (Å²) in [4.78, 5) is 45.4. The molecular weight excluding hydrogens is 485 g/mol. The Hall–Kier alpha value is -3.35. The molecule has 176 valence electrons. The number of hydrogen-bond acceptors (Lipinski definition) is 3. The molecule has 0 saturated carbocycles. The second-order valence-corrected chi connectivity index (χ2v) is 10.9. The number of nitrogens with zero attached hydrogens (tertiary/aromatic N) is 2. The fraction of sp³-hybridized carbons (Fsp3) is 0.222. The minimum absolute atomic E-state index is 0.224. The lowest BCUT2D eigenvalue weighted by Crippen LogP contribution is -2.65. The molecule has 0 radical (unpaired) electrons. The zero-order valence-electron chi connectivity index (χ0n) is 19.2. The average Bonchev–Trinajstić information content (AvgIpc) is 3.25. The molecule has 3 aromatic carbocycles. The van der Waals surface area contributed by atoms with Crippen molar-refractivity contribution < 1.29 is 14.4 Å². The van der Waals surface area contributed by atoms with Crippen LogP contribution in [-0.2, 0) is 10.3 Å². The van der Waals surface area contributed by atoms with Gasteiger partial charge in [-0.15, -0.1) is 0 Å². The number of carbonyl (C=O) groups is 3. The van der Waals surface area contributed by atoms with Gasteiger partial charge in [-0.25, -0.2) is 0 Å². The van der Waals surface area contributed by atoms with Gasteiger partial charge in [0.05, 0.1) is 21.4 Å². The Balaban J connectivity index is 1.78. The number of rotatable bonds is 1. The van der Waals surface area contributed by atoms with Gasteiger partial charge in [0.15, 0.2) is 5.54 Å². The van der Waals surface area contributed by atoms with E-state index >= 15 is 0 Å². The SMILES string of the molecule is CC(C)(C)NC(=O)C12c3ccccc3C(=O)N1c1cc(Cl)c(Cl)cc1N1C(=O)c3ccccc3C12. The van der Waals surface area contributed by atoms with Gasteiger partial charge in [0.1, 0.15) is 6.04 Å². The molecule has 0 aromatic heterocycles. The molecule has 6 nitrogen and oxygen atoms in total. The van der Waals surface area contributed by atoms with Gasteiger partial charge in [-0.1, -0.05) is 59.6 Å². The Morgan fingerprint density at radius 1 is 0.886 bits per heavy atom. The van der Waals surface area contributed by atoms with E-state index in [0.717, 1.165) is 0 Å². The Kier molecular flexibility index (Phi) is 4.48. The minimum atomic E-state index is -1.55. The normalized spacial score (nSPS) is 21.8. The van der Waals surface area contributed by atoms with E-state index in [1.54, 1.807) is 53.4 Å². The van der Waals surface area contributed by atoms with Crippen molar-refractivity contribution in [2.45, 2.75) is 37.9 Å². The van der Waals surface area contributed by atoms with E-state index < -0.39 is 17.1 Å². The lowest BCUT2D eigenvalue weighted by molar-refractivity contribution is -0.129. The van der Waals surface area contributed by atoms with Crippen LogP contribution >= 0.6 is 23.2 Å². The number of halogens is 2. The molecular formula is C27H21Cl2N3O3. The van der Waals surface area contributed by atoms with Crippen LogP contribution in [0.4, 0.5) is 11.4 Å². The predicted octanol–water partition coefficient (Wildman–Crippen LogP) is 5.48. The summed E-state index contributed by atoms with van der Waals surface area (Å²) in [5.41, 5.74) is 0.767. The second-order valence-electron chi connectivity index (χ2n) is 10.1. The first-order valence-corrected chi connectivity index (χ1v) is 12.0. The van der Waals surface area contributed by atoms with E-state index in [9.17, 15) is 14.4 Å². The van der Waals surface area contributed by atoms with Crippen molar-refractivity contribution in [2.75, 3.05) is 9.80 Å². The standard InChI is InChI=1S/C27H21Cl2N3O3/c1-26(2,3)30-25(35)27-17-11-7-6-10-16(17)24(34)32(27)21-13-19(29)18(28)12-20(21)31-22(27)14-8-4-5-9-15(14)23(31)33/h4-13,22H,1-3H3,(H,30,35).